The van der Waals surface area contributed by atoms with Crippen LogP contribution in [0.15, 0.2) is 36.7 Å². The van der Waals surface area contributed by atoms with Gasteiger partial charge in [-0.05, 0) is 31.0 Å². The van der Waals surface area contributed by atoms with Gasteiger partial charge in [-0.25, -0.2) is 9.97 Å². The van der Waals surface area contributed by atoms with Crippen molar-refractivity contribution in [1.82, 2.24) is 9.97 Å². The average Bonchev–Trinajstić information content (AvgIpc) is 2.67. The third-order valence-corrected chi connectivity index (χ3v) is 4.54. The van der Waals surface area contributed by atoms with Crippen LogP contribution in [0.5, 0.6) is 0 Å². The zero-order chi connectivity index (χ0) is 19.4. The quantitative estimate of drug-likeness (QED) is 0.572. The van der Waals surface area contributed by atoms with Crippen LogP contribution < -0.4 is 4.90 Å². The van der Waals surface area contributed by atoms with Crippen molar-refractivity contribution in [2.75, 3.05) is 18.0 Å². The number of ether oxygens (including phenoxy) is 1. The molecule has 1 fully saturated rings. The maximum atomic E-state index is 13.2. The molecule has 1 saturated heterocycles. The summed E-state index contributed by atoms with van der Waals surface area (Å²) < 4.78 is 45.0. The molecule has 5 nitrogen and oxygen atoms in total. The molecule has 2 aromatic heterocycles. The van der Waals surface area contributed by atoms with Crippen LogP contribution in [-0.4, -0.2) is 29.0 Å². The smallest absolute Gasteiger partial charge is 0.419 e. The predicted molar refractivity (Wildman–Crippen MR) is 93.2 cm³/mol. The van der Waals surface area contributed by atoms with E-state index >= 15 is 0 Å². The van der Waals surface area contributed by atoms with Crippen molar-refractivity contribution in [3.05, 3.63) is 52.9 Å². The Morgan fingerprint density at radius 3 is 2.81 bits per heavy atom. The number of pyridine rings is 2. The fraction of sp³-hybridized carbons (Fsp3) is 0.389. The molecule has 0 radical (unpaired) electrons. The first-order valence-corrected chi connectivity index (χ1v) is 8.76. The summed E-state index contributed by atoms with van der Waals surface area (Å²) in [6.45, 7) is 0.583. The van der Waals surface area contributed by atoms with E-state index in [1.165, 1.54) is 23.4 Å². The standard InChI is InChI=1S/C18H17ClF3N3O2/c19-15-6-5-12(9-24-15)11-27-17(26)13-3-2-8-25(10-13)16-14(18(20,21)22)4-1-7-23-16/h1,4-7,9,13H,2-3,8,10-11H2. The number of anilines is 1. The Morgan fingerprint density at radius 1 is 1.30 bits per heavy atom. The Balaban J connectivity index is 1.66. The molecule has 1 aliphatic heterocycles. The molecule has 0 bridgehead atoms. The van der Waals surface area contributed by atoms with E-state index in [1.807, 2.05) is 0 Å². The summed E-state index contributed by atoms with van der Waals surface area (Å²) in [5, 5.41) is 0.337. The highest BCUT2D eigenvalue weighted by Crippen LogP contribution is 2.36. The molecule has 0 N–H and O–H groups in total. The van der Waals surface area contributed by atoms with Gasteiger partial charge < -0.3 is 9.64 Å². The summed E-state index contributed by atoms with van der Waals surface area (Å²) in [5.74, 6) is -1.11. The zero-order valence-electron chi connectivity index (χ0n) is 14.2. The van der Waals surface area contributed by atoms with Crippen molar-refractivity contribution in [3.8, 4) is 0 Å². The summed E-state index contributed by atoms with van der Waals surface area (Å²) in [6, 6.07) is 5.53. The lowest BCUT2D eigenvalue weighted by atomic mass is 9.97. The first kappa shape index (κ1) is 19.4. The third kappa shape index (κ3) is 4.88. The van der Waals surface area contributed by atoms with Crippen LogP contribution >= 0.6 is 11.6 Å². The average molecular weight is 400 g/mol. The van der Waals surface area contributed by atoms with Gasteiger partial charge in [0.05, 0.1) is 11.5 Å². The molecular weight excluding hydrogens is 383 g/mol. The number of rotatable bonds is 4. The van der Waals surface area contributed by atoms with E-state index in [2.05, 4.69) is 9.97 Å². The van der Waals surface area contributed by atoms with E-state index in [9.17, 15) is 18.0 Å². The Bertz CT molecular complexity index is 799. The van der Waals surface area contributed by atoms with E-state index in [0.29, 0.717) is 30.1 Å². The lowest BCUT2D eigenvalue weighted by Crippen LogP contribution is -2.40. The Morgan fingerprint density at radius 2 is 2.11 bits per heavy atom. The molecule has 0 spiro atoms. The fourth-order valence-electron chi connectivity index (χ4n) is 3.00. The highest BCUT2D eigenvalue weighted by molar-refractivity contribution is 6.29. The van der Waals surface area contributed by atoms with E-state index in [4.69, 9.17) is 16.3 Å². The van der Waals surface area contributed by atoms with Crippen LogP contribution in [0.3, 0.4) is 0 Å². The number of carbonyl (C=O) groups is 1. The molecule has 1 unspecified atom stereocenters. The van der Waals surface area contributed by atoms with Gasteiger partial charge in [-0.15, -0.1) is 0 Å². The number of halogens is 4. The van der Waals surface area contributed by atoms with Gasteiger partial charge in [-0.2, -0.15) is 13.2 Å². The number of hydrogen-bond donors (Lipinski definition) is 0. The normalized spacial score (nSPS) is 17.6. The maximum absolute atomic E-state index is 13.2. The van der Waals surface area contributed by atoms with Crippen LogP contribution in [0, 0.1) is 5.92 Å². The molecule has 2 aromatic rings. The number of alkyl halides is 3. The Labute approximate surface area is 159 Å². The zero-order valence-corrected chi connectivity index (χ0v) is 15.0. The molecule has 27 heavy (non-hydrogen) atoms. The van der Waals surface area contributed by atoms with Gasteiger partial charge in [0.2, 0.25) is 0 Å². The second-order valence-corrected chi connectivity index (χ2v) is 6.64. The summed E-state index contributed by atoms with van der Waals surface area (Å²) in [4.78, 5) is 21.7. The largest absolute Gasteiger partial charge is 0.460 e. The van der Waals surface area contributed by atoms with Crippen molar-refractivity contribution in [3.63, 3.8) is 0 Å². The third-order valence-electron chi connectivity index (χ3n) is 4.32. The number of aromatic nitrogens is 2. The topological polar surface area (TPSA) is 55.3 Å². The highest BCUT2D eigenvalue weighted by atomic mass is 35.5. The molecule has 1 atom stereocenters. The van der Waals surface area contributed by atoms with E-state index in [-0.39, 0.29) is 19.0 Å². The van der Waals surface area contributed by atoms with Gasteiger partial charge >= 0.3 is 12.1 Å². The van der Waals surface area contributed by atoms with Crippen molar-refractivity contribution in [1.29, 1.82) is 0 Å². The summed E-state index contributed by atoms with van der Waals surface area (Å²) in [6.07, 6.45) is -0.538. The fourth-order valence-corrected chi connectivity index (χ4v) is 3.11. The van der Waals surface area contributed by atoms with E-state index in [0.717, 1.165) is 6.07 Å². The lowest BCUT2D eigenvalue weighted by molar-refractivity contribution is -0.150. The molecule has 1 aliphatic rings. The monoisotopic (exact) mass is 399 g/mol. The molecule has 144 valence electrons. The first-order chi connectivity index (χ1) is 12.8. The SMILES string of the molecule is O=C(OCc1ccc(Cl)nc1)C1CCCN(c2ncccc2C(F)(F)F)C1. The summed E-state index contributed by atoms with van der Waals surface area (Å²) in [5.41, 5.74) is -0.115. The lowest BCUT2D eigenvalue weighted by Gasteiger charge is -2.33. The van der Waals surface area contributed by atoms with Crippen LogP contribution in [0.25, 0.3) is 0 Å². The molecule has 0 aliphatic carbocycles. The summed E-state index contributed by atoms with van der Waals surface area (Å²) >= 11 is 5.70. The number of carbonyl (C=O) groups excluding carboxylic acids is 1. The molecule has 0 aromatic carbocycles. The minimum absolute atomic E-state index is 0.0386. The predicted octanol–water partition coefficient (Wildman–Crippen LogP) is 4.11. The molecule has 3 rings (SSSR count). The second kappa shape index (κ2) is 8.12. The van der Waals surface area contributed by atoms with E-state index in [1.54, 1.807) is 12.1 Å². The van der Waals surface area contributed by atoms with E-state index < -0.39 is 23.6 Å². The van der Waals surface area contributed by atoms with Gasteiger partial charge in [0.25, 0.3) is 0 Å². The Hall–Kier alpha value is -2.35. The van der Waals surface area contributed by atoms with Gasteiger partial charge in [0, 0.05) is 31.0 Å². The van der Waals surface area contributed by atoms with Crippen LogP contribution in [-0.2, 0) is 22.3 Å². The molecule has 0 saturated carbocycles. The molecule has 0 amide bonds. The van der Waals surface area contributed by atoms with Crippen LogP contribution in [0.2, 0.25) is 5.15 Å². The first-order valence-electron chi connectivity index (χ1n) is 8.39. The maximum Gasteiger partial charge on any atom is 0.419 e. The van der Waals surface area contributed by atoms with Gasteiger partial charge in [0.15, 0.2) is 0 Å². The Kier molecular flexibility index (Phi) is 5.84. The van der Waals surface area contributed by atoms with Gasteiger partial charge in [-0.1, -0.05) is 17.7 Å². The van der Waals surface area contributed by atoms with Crippen molar-refractivity contribution < 1.29 is 22.7 Å². The van der Waals surface area contributed by atoms with Crippen molar-refractivity contribution in [2.45, 2.75) is 25.6 Å². The van der Waals surface area contributed by atoms with Crippen molar-refractivity contribution >= 4 is 23.4 Å². The second-order valence-electron chi connectivity index (χ2n) is 6.25. The highest BCUT2D eigenvalue weighted by Gasteiger charge is 2.37. The molecular formula is C18H17ClF3N3O2. The number of nitrogens with zero attached hydrogens (tertiary/aromatic N) is 3. The minimum Gasteiger partial charge on any atom is -0.460 e. The van der Waals surface area contributed by atoms with Crippen LogP contribution in [0.4, 0.5) is 19.0 Å². The van der Waals surface area contributed by atoms with Gasteiger partial charge in [0.1, 0.15) is 17.6 Å². The summed E-state index contributed by atoms with van der Waals surface area (Å²) in [7, 11) is 0. The number of piperidine rings is 1. The van der Waals surface area contributed by atoms with Crippen molar-refractivity contribution in [2.24, 2.45) is 5.92 Å². The van der Waals surface area contributed by atoms with Gasteiger partial charge in [-0.3, -0.25) is 4.79 Å². The molecule has 3 heterocycles. The number of esters is 1. The van der Waals surface area contributed by atoms with Crippen LogP contribution in [0.1, 0.15) is 24.0 Å². The number of hydrogen-bond acceptors (Lipinski definition) is 5. The molecule has 9 heteroatoms. The minimum atomic E-state index is -4.50.